The number of aryl methyl sites for hydroxylation is 1. The minimum Gasteiger partial charge on any atom is -0.324 e. The molecule has 1 fully saturated rings. The number of hydrogen-bond acceptors (Lipinski definition) is 4. The van der Waals surface area contributed by atoms with Crippen molar-refractivity contribution >= 4 is 23.3 Å². The molecule has 3 amide bonds. The average molecular weight is 369 g/mol. The lowest BCUT2D eigenvalue weighted by atomic mass is 9.95. The molecule has 1 atom stereocenters. The quantitative estimate of drug-likeness (QED) is 0.852. The Bertz CT molecular complexity index is 874. The Kier molecular flexibility index (Phi) is 4.70. The van der Waals surface area contributed by atoms with Gasteiger partial charge in [-0.1, -0.05) is 0 Å². The smallest absolute Gasteiger partial charge is 0.321 e. The molecule has 2 N–H and O–H groups in total. The number of fused-ring (bicyclic) bond motifs is 1. The third kappa shape index (κ3) is 3.74. The van der Waals surface area contributed by atoms with Crippen molar-refractivity contribution in [1.29, 1.82) is 0 Å². The van der Waals surface area contributed by atoms with Crippen molar-refractivity contribution in [2.75, 3.05) is 23.7 Å². The summed E-state index contributed by atoms with van der Waals surface area (Å²) in [6, 6.07) is 4.20. The van der Waals surface area contributed by atoms with E-state index in [9.17, 15) is 14.0 Å². The van der Waals surface area contributed by atoms with Crippen LogP contribution in [0, 0.1) is 5.82 Å². The van der Waals surface area contributed by atoms with E-state index in [-0.39, 0.29) is 17.9 Å². The maximum atomic E-state index is 13.9. The molecule has 1 saturated heterocycles. The van der Waals surface area contributed by atoms with Gasteiger partial charge >= 0.3 is 6.03 Å². The van der Waals surface area contributed by atoms with Crippen molar-refractivity contribution in [3.05, 3.63) is 47.8 Å². The first kappa shape index (κ1) is 17.4. The van der Waals surface area contributed by atoms with Crippen molar-refractivity contribution in [2.45, 2.75) is 31.6 Å². The first-order chi connectivity index (χ1) is 13.1. The van der Waals surface area contributed by atoms with Gasteiger partial charge in [0.2, 0.25) is 5.91 Å². The Morgan fingerprint density at radius 2 is 2.22 bits per heavy atom. The molecule has 2 aliphatic rings. The lowest BCUT2D eigenvalue weighted by molar-refractivity contribution is -0.116. The number of aromatic nitrogens is 2. The zero-order valence-electron chi connectivity index (χ0n) is 14.7. The van der Waals surface area contributed by atoms with Gasteiger partial charge in [0.15, 0.2) is 0 Å². The van der Waals surface area contributed by atoms with Crippen LogP contribution < -0.4 is 10.6 Å². The topological polar surface area (TPSA) is 87.2 Å². The fourth-order valence-electron chi connectivity index (χ4n) is 3.70. The van der Waals surface area contributed by atoms with E-state index in [0.717, 1.165) is 18.5 Å². The van der Waals surface area contributed by atoms with Gasteiger partial charge in [0, 0.05) is 37.3 Å². The molecule has 0 radical (unpaired) electrons. The molecule has 8 heteroatoms. The molecule has 0 spiro atoms. The zero-order chi connectivity index (χ0) is 18.8. The lowest BCUT2D eigenvalue weighted by Crippen LogP contribution is -2.42. The first-order valence-corrected chi connectivity index (χ1v) is 9.04. The number of urea groups is 1. The Hall–Kier alpha value is -3.03. The van der Waals surface area contributed by atoms with Gasteiger partial charge in [0.1, 0.15) is 12.1 Å². The van der Waals surface area contributed by atoms with Crippen LogP contribution in [-0.2, 0) is 11.2 Å². The molecule has 1 aromatic heterocycles. The van der Waals surface area contributed by atoms with Gasteiger partial charge in [-0.2, -0.15) is 0 Å². The second kappa shape index (κ2) is 7.30. The molecule has 140 valence electrons. The summed E-state index contributed by atoms with van der Waals surface area (Å²) in [6.45, 7) is 1.16. The lowest BCUT2D eigenvalue weighted by Gasteiger charge is -2.33. The molecule has 27 heavy (non-hydrogen) atoms. The predicted octanol–water partition coefficient (Wildman–Crippen LogP) is 2.91. The van der Waals surface area contributed by atoms with Gasteiger partial charge in [-0.25, -0.2) is 19.2 Å². The number of likely N-dealkylation sites (tertiary alicyclic amines) is 1. The number of benzene rings is 1. The normalized spacial score (nSPS) is 19.2. The molecular weight excluding hydrogens is 349 g/mol. The van der Waals surface area contributed by atoms with Gasteiger partial charge < -0.3 is 15.5 Å². The average Bonchev–Trinajstić information content (AvgIpc) is 2.69. The highest BCUT2D eigenvalue weighted by atomic mass is 19.1. The van der Waals surface area contributed by atoms with Crippen molar-refractivity contribution in [1.82, 2.24) is 14.9 Å². The van der Waals surface area contributed by atoms with Gasteiger partial charge in [-0.05, 0) is 43.0 Å². The van der Waals surface area contributed by atoms with Gasteiger partial charge in [0.25, 0.3) is 0 Å². The SMILES string of the molecule is O=C1CCc2cc(F)cc(NC(=O)N3CCC[C@@H](c4ccncn4)C3)c2N1. The van der Waals surface area contributed by atoms with Crippen molar-refractivity contribution < 1.29 is 14.0 Å². The van der Waals surface area contributed by atoms with E-state index in [0.29, 0.717) is 42.9 Å². The number of carbonyl (C=O) groups is 2. The van der Waals surface area contributed by atoms with Gasteiger partial charge in [-0.15, -0.1) is 0 Å². The number of nitrogens with zero attached hydrogens (tertiary/aromatic N) is 3. The predicted molar refractivity (Wildman–Crippen MR) is 97.9 cm³/mol. The Morgan fingerprint density at radius 1 is 1.33 bits per heavy atom. The molecule has 2 aliphatic heterocycles. The Morgan fingerprint density at radius 3 is 3.04 bits per heavy atom. The summed E-state index contributed by atoms with van der Waals surface area (Å²) in [6.07, 6.45) is 5.79. The van der Waals surface area contributed by atoms with Crippen molar-refractivity contribution in [3.8, 4) is 0 Å². The molecular formula is C19H20FN5O2. The summed E-state index contributed by atoms with van der Waals surface area (Å²) in [7, 11) is 0. The minimum atomic E-state index is -0.433. The van der Waals surface area contributed by atoms with Crippen LogP contribution in [0.4, 0.5) is 20.6 Å². The van der Waals surface area contributed by atoms with E-state index in [4.69, 9.17) is 0 Å². The highest BCUT2D eigenvalue weighted by Gasteiger charge is 2.27. The number of amides is 3. The summed E-state index contributed by atoms with van der Waals surface area (Å²) in [4.78, 5) is 34.4. The van der Waals surface area contributed by atoms with Crippen LogP contribution in [0.25, 0.3) is 0 Å². The van der Waals surface area contributed by atoms with E-state index in [1.807, 2.05) is 6.07 Å². The third-order valence-corrected chi connectivity index (χ3v) is 5.04. The maximum Gasteiger partial charge on any atom is 0.321 e. The second-order valence-electron chi connectivity index (χ2n) is 6.89. The van der Waals surface area contributed by atoms with E-state index in [2.05, 4.69) is 20.6 Å². The summed E-state index contributed by atoms with van der Waals surface area (Å²) in [5.74, 6) is -0.419. The molecule has 4 rings (SSSR count). The van der Waals surface area contributed by atoms with Crippen LogP contribution in [0.5, 0.6) is 0 Å². The molecule has 1 aromatic carbocycles. The summed E-state index contributed by atoms with van der Waals surface area (Å²) >= 11 is 0. The molecule has 0 saturated carbocycles. The van der Waals surface area contributed by atoms with Gasteiger partial charge in [0.05, 0.1) is 11.4 Å². The second-order valence-corrected chi connectivity index (χ2v) is 6.89. The number of nitrogens with one attached hydrogen (secondary N) is 2. The molecule has 0 aliphatic carbocycles. The minimum absolute atomic E-state index is 0.133. The molecule has 7 nitrogen and oxygen atoms in total. The van der Waals surface area contributed by atoms with Crippen LogP contribution >= 0.6 is 0 Å². The summed E-state index contributed by atoms with van der Waals surface area (Å²) in [5.41, 5.74) is 2.40. The van der Waals surface area contributed by atoms with E-state index in [1.165, 1.54) is 18.5 Å². The molecule has 0 bridgehead atoms. The number of piperidine rings is 1. The monoisotopic (exact) mass is 369 g/mol. The number of hydrogen-bond donors (Lipinski definition) is 2. The number of rotatable bonds is 2. The summed E-state index contributed by atoms with van der Waals surface area (Å²) < 4.78 is 13.9. The number of carbonyl (C=O) groups excluding carboxylic acids is 2. The van der Waals surface area contributed by atoms with E-state index >= 15 is 0 Å². The zero-order valence-corrected chi connectivity index (χ0v) is 14.7. The molecule has 0 unspecified atom stereocenters. The third-order valence-electron chi connectivity index (χ3n) is 5.04. The number of anilines is 2. The van der Waals surface area contributed by atoms with Crippen LogP contribution in [0.1, 0.15) is 36.4 Å². The van der Waals surface area contributed by atoms with Crippen LogP contribution in [0.2, 0.25) is 0 Å². The summed E-state index contributed by atoms with van der Waals surface area (Å²) in [5, 5.41) is 5.52. The maximum absolute atomic E-state index is 13.9. The van der Waals surface area contributed by atoms with Crippen LogP contribution in [0.3, 0.4) is 0 Å². The highest BCUT2D eigenvalue weighted by Crippen LogP contribution is 2.33. The van der Waals surface area contributed by atoms with Crippen molar-refractivity contribution in [2.24, 2.45) is 0 Å². The largest absolute Gasteiger partial charge is 0.324 e. The Labute approximate surface area is 156 Å². The first-order valence-electron chi connectivity index (χ1n) is 9.04. The van der Waals surface area contributed by atoms with Crippen LogP contribution in [-0.4, -0.2) is 39.9 Å². The molecule has 2 aromatic rings. The fraction of sp³-hybridized carbons (Fsp3) is 0.368. The number of halogens is 1. The van der Waals surface area contributed by atoms with Crippen LogP contribution in [0.15, 0.2) is 30.7 Å². The highest BCUT2D eigenvalue weighted by molar-refractivity contribution is 6.01. The van der Waals surface area contributed by atoms with Crippen molar-refractivity contribution in [3.63, 3.8) is 0 Å². The molecule has 3 heterocycles. The van der Waals surface area contributed by atoms with Gasteiger partial charge in [-0.3, -0.25) is 4.79 Å². The Balaban J connectivity index is 1.51. The standard InChI is InChI=1S/C19H20FN5O2/c20-14-8-12-3-4-17(26)24-18(12)16(9-14)23-19(27)25-7-1-2-13(10-25)15-5-6-21-11-22-15/h5-6,8-9,11,13H,1-4,7,10H2,(H,23,27)(H,24,26)/t13-/m1/s1. The van der Waals surface area contributed by atoms with E-state index in [1.54, 1.807) is 11.1 Å². The fourth-order valence-corrected chi connectivity index (χ4v) is 3.70. The van der Waals surface area contributed by atoms with E-state index < -0.39 is 5.82 Å².